The summed E-state index contributed by atoms with van der Waals surface area (Å²) in [4.78, 5) is 0. The highest BCUT2D eigenvalue weighted by atomic mass is 16.3. The normalized spacial score (nSPS) is 16.2. The Morgan fingerprint density at radius 1 is 1.13 bits per heavy atom. The van der Waals surface area contributed by atoms with Gasteiger partial charge < -0.3 is 10.2 Å². The number of aromatic hydroxyl groups is 1. The first-order chi connectivity index (χ1) is 7.00. The Morgan fingerprint density at radius 2 is 1.80 bits per heavy atom. The quantitative estimate of drug-likeness (QED) is 0.741. The standard InChI is InChI=1S/C13H18O2/c1-13(2,15)11-8-7-9-5-3-4-6-10(9)12(11)14/h7-8,14-15H,3-6H2,1-2H3. The predicted octanol–water partition coefficient (Wildman–Crippen LogP) is 2.50. The van der Waals surface area contributed by atoms with Gasteiger partial charge in [-0.15, -0.1) is 0 Å². The zero-order valence-corrected chi connectivity index (χ0v) is 9.38. The van der Waals surface area contributed by atoms with Crippen molar-refractivity contribution in [1.82, 2.24) is 0 Å². The third kappa shape index (κ3) is 1.86. The predicted molar refractivity (Wildman–Crippen MR) is 60.0 cm³/mol. The molecule has 1 aromatic rings. The van der Waals surface area contributed by atoms with Gasteiger partial charge in [-0.05, 0) is 50.7 Å². The smallest absolute Gasteiger partial charge is 0.125 e. The van der Waals surface area contributed by atoms with Gasteiger partial charge in [-0.3, -0.25) is 0 Å². The summed E-state index contributed by atoms with van der Waals surface area (Å²) in [7, 11) is 0. The number of hydrogen-bond acceptors (Lipinski definition) is 2. The van der Waals surface area contributed by atoms with Gasteiger partial charge in [0.15, 0.2) is 0 Å². The minimum atomic E-state index is -0.962. The maximum absolute atomic E-state index is 10.1. The van der Waals surface area contributed by atoms with Crippen molar-refractivity contribution in [2.75, 3.05) is 0 Å². The van der Waals surface area contributed by atoms with E-state index in [2.05, 4.69) is 0 Å². The molecule has 0 aliphatic heterocycles. The van der Waals surface area contributed by atoms with E-state index in [1.165, 1.54) is 12.0 Å². The maximum Gasteiger partial charge on any atom is 0.125 e. The Hall–Kier alpha value is -1.02. The first-order valence-corrected chi connectivity index (χ1v) is 5.57. The number of benzene rings is 1. The Labute approximate surface area is 90.6 Å². The van der Waals surface area contributed by atoms with Crippen LogP contribution in [-0.4, -0.2) is 10.2 Å². The van der Waals surface area contributed by atoms with E-state index in [1.807, 2.05) is 12.1 Å². The van der Waals surface area contributed by atoms with E-state index in [4.69, 9.17) is 0 Å². The van der Waals surface area contributed by atoms with Crippen LogP contribution in [0.15, 0.2) is 12.1 Å². The van der Waals surface area contributed by atoms with E-state index in [-0.39, 0.29) is 0 Å². The van der Waals surface area contributed by atoms with Crippen molar-refractivity contribution in [2.24, 2.45) is 0 Å². The van der Waals surface area contributed by atoms with Crippen molar-refractivity contribution in [3.63, 3.8) is 0 Å². The van der Waals surface area contributed by atoms with Crippen LogP contribution in [0.4, 0.5) is 0 Å². The number of phenolic OH excluding ortho intramolecular Hbond substituents is 1. The fourth-order valence-corrected chi connectivity index (χ4v) is 2.30. The molecule has 1 aliphatic carbocycles. The van der Waals surface area contributed by atoms with Crippen LogP contribution in [0.1, 0.15) is 43.4 Å². The molecule has 0 radical (unpaired) electrons. The second kappa shape index (κ2) is 3.53. The summed E-state index contributed by atoms with van der Waals surface area (Å²) in [6, 6.07) is 3.89. The number of aryl methyl sites for hydroxylation is 1. The van der Waals surface area contributed by atoms with Crippen molar-refractivity contribution >= 4 is 0 Å². The van der Waals surface area contributed by atoms with Crippen LogP contribution < -0.4 is 0 Å². The van der Waals surface area contributed by atoms with Crippen LogP contribution >= 0.6 is 0 Å². The molecule has 0 aromatic heterocycles. The zero-order valence-electron chi connectivity index (χ0n) is 9.38. The highest BCUT2D eigenvalue weighted by Gasteiger charge is 2.24. The zero-order chi connectivity index (χ0) is 11.1. The first-order valence-electron chi connectivity index (χ1n) is 5.57. The van der Waals surface area contributed by atoms with Gasteiger partial charge >= 0.3 is 0 Å². The van der Waals surface area contributed by atoms with Crippen molar-refractivity contribution < 1.29 is 10.2 Å². The summed E-state index contributed by atoms with van der Waals surface area (Å²) in [5.41, 5.74) is 1.96. The van der Waals surface area contributed by atoms with E-state index < -0.39 is 5.60 Å². The molecule has 0 spiro atoms. The van der Waals surface area contributed by atoms with Crippen molar-refractivity contribution in [3.8, 4) is 5.75 Å². The minimum absolute atomic E-state index is 0.305. The van der Waals surface area contributed by atoms with Gasteiger partial charge in [0, 0.05) is 5.56 Å². The molecule has 0 heterocycles. The lowest BCUT2D eigenvalue weighted by molar-refractivity contribution is 0.0756. The lowest BCUT2D eigenvalue weighted by Gasteiger charge is -2.24. The first kappa shape index (κ1) is 10.5. The summed E-state index contributed by atoms with van der Waals surface area (Å²) in [5, 5.41) is 20.0. The molecule has 0 fully saturated rings. The van der Waals surface area contributed by atoms with Gasteiger partial charge in [0.25, 0.3) is 0 Å². The maximum atomic E-state index is 10.1. The van der Waals surface area contributed by atoms with Gasteiger partial charge in [0.05, 0.1) is 5.60 Å². The van der Waals surface area contributed by atoms with Crippen LogP contribution in [0.3, 0.4) is 0 Å². The fraction of sp³-hybridized carbons (Fsp3) is 0.538. The van der Waals surface area contributed by atoms with Crippen molar-refractivity contribution in [1.29, 1.82) is 0 Å². The van der Waals surface area contributed by atoms with Gasteiger partial charge in [-0.25, -0.2) is 0 Å². The molecule has 0 amide bonds. The highest BCUT2D eigenvalue weighted by molar-refractivity contribution is 5.48. The fourth-order valence-electron chi connectivity index (χ4n) is 2.30. The van der Waals surface area contributed by atoms with Crippen LogP contribution in [0.25, 0.3) is 0 Å². The molecule has 82 valence electrons. The molecule has 2 heteroatoms. The number of aliphatic hydroxyl groups is 1. The van der Waals surface area contributed by atoms with Crippen molar-refractivity contribution in [2.45, 2.75) is 45.1 Å². The third-order valence-electron chi connectivity index (χ3n) is 3.16. The lowest BCUT2D eigenvalue weighted by Crippen LogP contribution is -2.17. The van der Waals surface area contributed by atoms with Gasteiger partial charge in [0.2, 0.25) is 0 Å². The van der Waals surface area contributed by atoms with Gasteiger partial charge in [-0.2, -0.15) is 0 Å². The van der Waals surface area contributed by atoms with E-state index in [0.29, 0.717) is 11.3 Å². The van der Waals surface area contributed by atoms with Crippen LogP contribution in [0.2, 0.25) is 0 Å². The number of fused-ring (bicyclic) bond motifs is 1. The van der Waals surface area contributed by atoms with Crippen molar-refractivity contribution in [3.05, 3.63) is 28.8 Å². The van der Waals surface area contributed by atoms with E-state index >= 15 is 0 Å². The lowest BCUT2D eigenvalue weighted by atomic mass is 9.86. The minimum Gasteiger partial charge on any atom is -0.507 e. The van der Waals surface area contributed by atoms with Crippen LogP contribution in [0.5, 0.6) is 5.75 Å². The summed E-state index contributed by atoms with van der Waals surface area (Å²) in [6.45, 7) is 3.41. The van der Waals surface area contributed by atoms with Gasteiger partial charge in [0.1, 0.15) is 5.75 Å². The summed E-state index contributed by atoms with van der Waals surface area (Å²) in [6.07, 6.45) is 4.32. The number of phenols is 1. The average Bonchev–Trinajstić information content (AvgIpc) is 2.16. The molecule has 0 saturated heterocycles. The summed E-state index contributed by atoms with van der Waals surface area (Å²) < 4.78 is 0. The Morgan fingerprint density at radius 3 is 2.47 bits per heavy atom. The Kier molecular flexibility index (Phi) is 2.47. The molecular formula is C13H18O2. The number of rotatable bonds is 1. The molecule has 1 aliphatic rings. The third-order valence-corrected chi connectivity index (χ3v) is 3.16. The summed E-state index contributed by atoms with van der Waals surface area (Å²) >= 11 is 0. The molecular weight excluding hydrogens is 188 g/mol. The van der Waals surface area contributed by atoms with Crippen LogP contribution in [0, 0.1) is 0 Å². The molecule has 0 saturated carbocycles. The topological polar surface area (TPSA) is 40.5 Å². The van der Waals surface area contributed by atoms with E-state index in [0.717, 1.165) is 24.8 Å². The Bertz CT molecular complexity index is 375. The molecule has 1 aromatic carbocycles. The van der Waals surface area contributed by atoms with Gasteiger partial charge in [-0.1, -0.05) is 12.1 Å². The highest BCUT2D eigenvalue weighted by Crippen LogP contribution is 2.36. The number of hydrogen-bond donors (Lipinski definition) is 2. The Balaban J connectivity index is 2.53. The molecule has 15 heavy (non-hydrogen) atoms. The van der Waals surface area contributed by atoms with E-state index in [9.17, 15) is 10.2 Å². The second-order valence-corrected chi connectivity index (χ2v) is 4.87. The largest absolute Gasteiger partial charge is 0.507 e. The SMILES string of the molecule is CC(C)(O)c1ccc2c(c1O)CCCC2. The molecule has 2 N–H and O–H groups in total. The van der Waals surface area contributed by atoms with Crippen LogP contribution in [-0.2, 0) is 18.4 Å². The molecule has 0 atom stereocenters. The molecule has 2 nitrogen and oxygen atoms in total. The molecule has 0 unspecified atom stereocenters. The molecule has 2 rings (SSSR count). The monoisotopic (exact) mass is 206 g/mol. The summed E-state index contributed by atoms with van der Waals surface area (Å²) in [5.74, 6) is 0.305. The molecule has 0 bridgehead atoms. The average molecular weight is 206 g/mol. The second-order valence-electron chi connectivity index (χ2n) is 4.87. The van der Waals surface area contributed by atoms with E-state index in [1.54, 1.807) is 13.8 Å².